The molecule has 2 aromatic carbocycles. The number of halogens is 1. The van der Waals surface area contributed by atoms with Gasteiger partial charge < -0.3 is 23.5 Å². The predicted octanol–water partition coefficient (Wildman–Crippen LogP) is 6.17. The summed E-state index contributed by atoms with van der Waals surface area (Å²) in [7, 11) is 3.23. The third-order valence-electron chi connectivity index (χ3n) is 6.52. The van der Waals surface area contributed by atoms with Crippen LogP contribution in [0.1, 0.15) is 12.8 Å². The highest BCUT2D eigenvalue weighted by Gasteiger charge is 2.23. The second-order valence-corrected chi connectivity index (χ2v) is 10.1. The number of rotatable bonds is 8. The molecular formula is C26H25ClN4O4S. The second kappa shape index (κ2) is 9.55. The van der Waals surface area contributed by atoms with Crippen molar-refractivity contribution in [1.82, 2.24) is 14.6 Å². The van der Waals surface area contributed by atoms with Gasteiger partial charge in [0.25, 0.3) is 5.19 Å². The van der Waals surface area contributed by atoms with E-state index in [1.807, 2.05) is 36.5 Å². The van der Waals surface area contributed by atoms with Gasteiger partial charge in [0.2, 0.25) is 4.96 Å². The molecule has 4 heterocycles. The van der Waals surface area contributed by atoms with Crippen molar-refractivity contribution in [2.24, 2.45) is 5.92 Å². The van der Waals surface area contributed by atoms with Gasteiger partial charge in [-0.3, -0.25) is 0 Å². The molecule has 1 saturated heterocycles. The number of ether oxygens (including phenoxy) is 3. The normalized spacial score (nSPS) is 15.8. The Morgan fingerprint density at radius 2 is 2.00 bits per heavy atom. The van der Waals surface area contributed by atoms with Gasteiger partial charge in [0, 0.05) is 35.9 Å². The van der Waals surface area contributed by atoms with Crippen molar-refractivity contribution in [2.45, 2.75) is 12.8 Å². The first-order chi connectivity index (χ1) is 17.6. The Morgan fingerprint density at radius 3 is 2.78 bits per heavy atom. The molecule has 1 fully saturated rings. The molecule has 0 amide bonds. The summed E-state index contributed by atoms with van der Waals surface area (Å²) in [5, 5.41) is 6.55. The van der Waals surface area contributed by atoms with Crippen LogP contribution < -0.4 is 19.1 Å². The van der Waals surface area contributed by atoms with E-state index in [-0.39, 0.29) is 0 Å². The standard InChI is InChI=1S/C26H25ClN4O4S/c1-32-19-11-22(34-10-8-16-7-9-30(14-16)18-5-3-17(27)4-6-18)20-13-24(35-23(20)12-19)21-15-31-25(28-21)36-26(29-31)33-2/h3-6,11-13,15-16H,7-10,14H2,1-2H3/t16-/m0/s1. The zero-order valence-corrected chi connectivity index (χ0v) is 21.5. The van der Waals surface area contributed by atoms with Gasteiger partial charge >= 0.3 is 0 Å². The Kier molecular flexibility index (Phi) is 6.10. The molecule has 10 heteroatoms. The number of anilines is 1. The lowest BCUT2D eigenvalue weighted by Crippen LogP contribution is -2.20. The Labute approximate surface area is 217 Å². The number of nitrogens with zero attached hydrogens (tertiary/aromatic N) is 4. The lowest BCUT2D eigenvalue weighted by molar-refractivity contribution is 0.285. The summed E-state index contributed by atoms with van der Waals surface area (Å²) >= 11 is 7.41. The van der Waals surface area contributed by atoms with Crippen LogP contribution in [-0.4, -0.2) is 48.5 Å². The van der Waals surface area contributed by atoms with Gasteiger partial charge in [0.1, 0.15) is 22.8 Å². The quantitative estimate of drug-likeness (QED) is 0.240. The van der Waals surface area contributed by atoms with Gasteiger partial charge in [0.05, 0.1) is 32.4 Å². The molecule has 1 atom stereocenters. The van der Waals surface area contributed by atoms with Crippen molar-refractivity contribution >= 4 is 44.6 Å². The zero-order chi connectivity index (χ0) is 24.6. The van der Waals surface area contributed by atoms with E-state index in [1.165, 1.54) is 17.0 Å². The van der Waals surface area contributed by atoms with E-state index >= 15 is 0 Å². The second-order valence-electron chi connectivity index (χ2n) is 8.79. The minimum Gasteiger partial charge on any atom is -0.496 e. The molecule has 0 N–H and O–H groups in total. The summed E-state index contributed by atoms with van der Waals surface area (Å²) in [5.41, 5.74) is 2.61. The third-order valence-corrected chi connectivity index (χ3v) is 7.66. The van der Waals surface area contributed by atoms with E-state index in [4.69, 9.17) is 30.2 Å². The van der Waals surface area contributed by atoms with Crippen molar-refractivity contribution in [3.63, 3.8) is 0 Å². The molecule has 5 aromatic rings. The highest BCUT2D eigenvalue weighted by molar-refractivity contribution is 7.18. The Balaban J connectivity index is 1.16. The van der Waals surface area contributed by atoms with Crippen molar-refractivity contribution in [1.29, 1.82) is 0 Å². The first-order valence-corrected chi connectivity index (χ1v) is 12.9. The number of furan rings is 1. The Bertz CT molecular complexity index is 1480. The minimum atomic E-state index is 0.563. The van der Waals surface area contributed by atoms with E-state index in [1.54, 1.807) is 18.7 Å². The van der Waals surface area contributed by atoms with Crippen LogP contribution in [0.5, 0.6) is 16.7 Å². The molecule has 0 aliphatic carbocycles. The summed E-state index contributed by atoms with van der Waals surface area (Å²) in [4.78, 5) is 7.78. The maximum absolute atomic E-state index is 6.28. The van der Waals surface area contributed by atoms with Gasteiger partial charge in [0.15, 0.2) is 5.76 Å². The number of benzene rings is 2. The molecule has 0 spiro atoms. The highest BCUT2D eigenvalue weighted by Crippen LogP contribution is 2.37. The number of aromatic nitrogens is 3. The number of methoxy groups -OCH3 is 2. The largest absolute Gasteiger partial charge is 0.496 e. The highest BCUT2D eigenvalue weighted by atomic mass is 35.5. The van der Waals surface area contributed by atoms with Crippen LogP contribution in [0.3, 0.4) is 0 Å². The van der Waals surface area contributed by atoms with Crippen molar-refractivity contribution < 1.29 is 18.6 Å². The summed E-state index contributed by atoms with van der Waals surface area (Å²) in [6, 6.07) is 13.8. The lowest BCUT2D eigenvalue weighted by Gasteiger charge is -2.19. The van der Waals surface area contributed by atoms with Gasteiger partial charge in [-0.15, -0.1) is 5.10 Å². The van der Waals surface area contributed by atoms with E-state index in [0.717, 1.165) is 47.1 Å². The van der Waals surface area contributed by atoms with Crippen molar-refractivity contribution in [3.05, 3.63) is 53.7 Å². The molecule has 186 valence electrons. The molecule has 0 unspecified atom stereocenters. The first kappa shape index (κ1) is 23.0. The van der Waals surface area contributed by atoms with Gasteiger partial charge in [-0.05, 0) is 60.4 Å². The zero-order valence-electron chi connectivity index (χ0n) is 19.9. The summed E-state index contributed by atoms with van der Waals surface area (Å²) in [6.45, 7) is 2.68. The Hall–Kier alpha value is -3.43. The lowest BCUT2D eigenvalue weighted by atomic mass is 10.1. The van der Waals surface area contributed by atoms with Gasteiger partial charge in [-0.2, -0.15) is 0 Å². The fraction of sp³-hybridized carbons (Fsp3) is 0.308. The molecule has 0 bridgehead atoms. The maximum atomic E-state index is 6.28. The van der Waals surface area contributed by atoms with Crippen LogP contribution in [0.2, 0.25) is 5.02 Å². The molecule has 6 rings (SSSR count). The van der Waals surface area contributed by atoms with Crippen LogP contribution in [0.15, 0.2) is 53.1 Å². The molecular weight excluding hydrogens is 500 g/mol. The van der Waals surface area contributed by atoms with E-state index in [9.17, 15) is 0 Å². The smallest absolute Gasteiger partial charge is 0.294 e. The molecule has 3 aromatic heterocycles. The van der Waals surface area contributed by atoms with Crippen LogP contribution in [0.4, 0.5) is 5.69 Å². The topological polar surface area (TPSA) is 74.3 Å². The van der Waals surface area contributed by atoms with Crippen LogP contribution >= 0.6 is 22.9 Å². The first-order valence-electron chi connectivity index (χ1n) is 11.7. The van der Waals surface area contributed by atoms with Gasteiger partial charge in [-0.1, -0.05) is 11.6 Å². The number of hydrogen-bond donors (Lipinski definition) is 0. The fourth-order valence-corrected chi connectivity index (χ4v) is 5.44. The molecule has 1 aliphatic heterocycles. The maximum Gasteiger partial charge on any atom is 0.294 e. The number of hydrogen-bond acceptors (Lipinski definition) is 8. The van der Waals surface area contributed by atoms with Crippen molar-refractivity contribution in [2.75, 3.05) is 38.8 Å². The molecule has 36 heavy (non-hydrogen) atoms. The fourth-order valence-electron chi connectivity index (χ4n) is 4.62. The number of imidazole rings is 1. The molecule has 0 saturated carbocycles. The predicted molar refractivity (Wildman–Crippen MR) is 141 cm³/mol. The van der Waals surface area contributed by atoms with E-state index < -0.39 is 0 Å². The summed E-state index contributed by atoms with van der Waals surface area (Å²) < 4.78 is 24.8. The van der Waals surface area contributed by atoms with E-state index in [0.29, 0.717) is 40.5 Å². The van der Waals surface area contributed by atoms with Gasteiger partial charge in [-0.25, -0.2) is 9.50 Å². The average Bonchev–Trinajstić information content (AvgIpc) is 3.66. The third kappa shape index (κ3) is 4.44. The van der Waals surface area contributed by atoms with E-state index in [2.05, 4.69) is 27.1 Å². The van der Waals surface area contributed by atoms with Crippen LogP contribution in [0, 0.1) is 5.92 Å². The van der Waals surface area contributed by atoms with Crippen LogP contribution in [-0.2, 0) is 0 Å². The number of fused-ring (bicyclic) bond motifs is 2. The summed E-state index contributed by atoms with van der Waals surface area (Å²) in [6.07, 6.45) is 3.94. The SMILES string of the molecule is COc1cc(OCC[C@@H]2CCN(c3ccc(Cl)cc3)C2)c2cc(-c3cn4nc(OC)sc4n3)oc2c1. The minimum absolute atomic E-state index is 0.563. The molecule has 0 radical (unpaired) electrons. The van der Waals surface area contributed by atoms with Crippen molar-refractivity contribution in [3.8, 4) is 28.1 Å². The molecule has 8 nitrogen and oxygen atoms in total. The summed E-state index contributed by atoms with van der Waals surface area (Å²) in [5.74, 6) is 2.65. The Morgan fingerprint density at radius 1 is 1.14 bits per heavy atom. The van der Waals surface area contributed by atoms with Crippen LogP contribution in [0.25, 0.3) is 27.4 Å². The average molecular weight is 525 g/mol. The molecule has 1 aliphatic rings. The monoisotopic (exact) mass is 524 g/mol.